The highest BCUT2D eigenvalue weighted by Crippen LogP contribution is 2.15. The van der Waals surface area contributed by atoms with Crippen LogP contribution in [0.1, 0.15) is 5.56 Å². The van der Waals surface area contributed by atoms with Gasteiger partial charge in [0.1, 0.15) is 11.0 Å². The number of benzene rings is 1. The summed E-state index contributed by atoms with van der Waals surface area (Å²) in [4.78, 5) is 8.05. The summed E-state index contributed by atoms with van der Waals surface area (Å²) in [5, 5.41) is 4.26. The van der Waals surface area contributed by atoms with E-state index in [4.69, 9.17) is 27.9 Å². The maximum atomic E-state index is 5.86. The van der Waals surface area contributed by atoms with Crippen molar-refractivity contribution in [2.75, 3.05) is 19.0 Å². The van der Waals surface area contributed by atoms with Crippen molar-refractivity contribution in [2.45, 2.75) is 6.42 Å². The second kappa shape index (κ2) is 6.59. The van der Waals surface area contributed by atoms with Gasteiger partial charge in [-0.2, -0.15) is 9.97 Å². The minimum Gasteiger partial charge on any atom is -0.467 e. The van der Waals surface area contributed by atoms with Crippen molar-refractivity contribution in [2.24, 2.45) is 0 Å². The molecule has 1 heterocycles. The monoisotopic (exact) mass is 297 g/mol. The number of rotatable bonds is 5. The molecule has 0 aliphatic heterocycles. The van der Waals surface area contributed by atoms with E-state index in [1.165, 1.54) is 12.7 Å². The van der Waals surface area contributed by atoms with Crippen LogP contribution < -0.4 is 10.1 Å². The van der Waals surface area contributed by atoms with Crippen LogP contribution in [0, 0.1) is 0 Å². The van der Waals surface area contributed by atoms with Crippen LogP contribution >= 0.6 is 23.2 Å². The maximum absolute atomic E-state index is 5.86. The van der Waals surface area contributed by atoms with Crippen molar-refractivity contribution >= 4 is 29.0 Å². The molecule has 0 aliphatic carbocycles. The molecule has 1 aromatic heterocycles. The molecule has 0 aliphatic rings. The van der Waals surface area contributed by atoms with Gasteiger partial charge in [-0.15, -0.1) is 0 Å². The van der Waals surface area contributed by atoms with Gasteiger partial charge in [0.25, 0.3) is 0 Å². The van der Waals surface area contributed by atoms with Crippen molar-refractivity contribution in [3.05, 3.63) is 46.1 Å². The van der Waals surface area contributed by atoms with E-state index in [0.29, 0.717) is 11.0 Å². The average molecular weight is 298 g/mol. The first-order valence-electron chi connectivity index (χ1n) is 5.74. The van der Waals surface area contributed by atoms with Crippen LogP contribution in [0.2, 0.25) is 10.2 Å². The highest BCUT2D eigenvalue weighted by atomic mass is 35.5. The largest absolute Gasteiger partial charge is 0.467 e. The molecular formula is C13H13Cl2N3O. The first-order chi connectivity index (χ1) is 9.17. The molecule has 19 heavy (non-hydrogen) atoms. The first kappa shape index (κ1) is 13.9. The zero-order valence-electron chi connectivity index (χ0n) is 10.4. The number of nitrogens with one attached hydrogen (secondary N) is 1. The molecule has 0 spiro atoms. The third-order valence-electron chi connectivity index (χ3n) is 2.49. The number of methoxy groups -OCH3 is 1. The zero-order chi connectivity index (χ0) is 13.7. The molecule has 4 nitrogen and oxygen atoms in total. The lowest BCUT2D eigenvalue weighted by atomic mass is 10.1. The molecule has 0 amide bonds. The van der Waals surface area contributed by atoms with Gasteiger partial charge >= 0.3 is 6.01 Å². The summed E-state index contributed by atoms with van der Waals surface area (Å²) in [6.45, 7) is 0.734. The summed E-state index contributed by atoms with van der Waals surface area (Å²) in [6, 6.07) is 9.66. The number of nitrogens with zero attached hydrogens (tertiary/aromatic N) is 2. The molecule has 0 bridgehead atoms. The van der Waals surface area contributed by atoms with E-state index in [1.54, 1.807) is 6.07 Å². The van der Waals surface area contributed by atoms with Crippen LogP contribution in [0.4, 0.5) is 5.82 Å². The molecule has 1 aromatic carbocycles. The Labute approximate surface area is 121 Å². The highest BCUT2D eigenvalue weighted by molar-refractivity contribution is 6.30. The molecule has 1 N–H and O–H groups in total. The Morgan fingerprint density at radius 3 is 2.58 bits per heavy atom. The van der Waals surface area contributed by atoms with Gasteiger partial charge in [0.15, 0.2) is 0 Å². The van der Waals surface area contributed by atoms with E-state index >= 15 is 0 Å². The minimum atomic E-state index is 0.251. The maximum Gasteiger partial charge on any atom is 0.319 e. The number of anilines is 1. The zero-order valence-corrected chi connectivity index (χ0v) is 11.9. The molecule has 0 unspecified atom stereocenters. The lowest BCUT2D eigenvalue weighted by molar-refractivity contribution is 0.380. The van der Waals surface area contributed by atoms with Gasteiger partial charge in [-0.1, -0.05) is 35.3 Å². The van der Waals surface area contributed by atoms with E-state index < -0.39 is 0 Å². The minimum absolute atomic E-state index is 0.251. The molecule has 0 saturated carbocycles. The Morgan fingerprint density at radius 2 is 1.89 bits per heavy atom. The smallest absolute Gasteiger partial charge is 0.319 e. The second-order valence-electron chi connectivity index (χ2n) is 3.87. The molecule has 0 fully saturated rings. The predicted molar refractivity (Wildman–Crippen MR) is 77.2 cm³/mol. The van der Waals surface area contributed by atoms with E-state index in [2.05, 4.69) is 15.3 Å². The van der Waals surface area contributed by atoms with Gasteiger partial charge in [0.2, 0.25) is 0 Å². The second-order valence-corrected chi connectivity index (χ2v) is 4.69. The third-order valence-corrected chi connectivity index (χ3v) is 2.94. The lowest BCUT2D eigenvalue weighted by Crippen LogP contribution is -2.07. The highest BCUT2D eigenvalue weighted by Gasteiger charge is 2.02. The van der Waals surface area contributed by atoms with Crippen LogP contribution in [-0.4, -0.2) is 23.6 Å². The Morgan fingerprint density at radius 1 is 1.16 bits per heavy atom. The van der Waals surface area contributed by atoms with Crippen molar-refractivity contribution in [1.82, 2.24) is 9.97 Å². The quantitative estimate of drug-likeness (QED) is 0.859. The summed E-state index contributed by atoms with van der Waals surface area (Å²) in [5.74, 6) is 0.644. The summed E-state index contributed by atoms with van der Waals surface area (Å²) >= 11 is 11.7. The molecule has 0 atom stereocenters. The molecule has 2 rings (SSSR count). The van der Waals surface area contributed by atoms with Crippen molar-refractivity contribution in [3.8, 4) is 6.01 Å². The van der Waals surface area contributed by atoms with Gasteiger partial charge < -0.3 is 10.1 Å². The van der Waals surface area contributed by atoms with Crippen LogP contribution in [0.15, 0.2) is 30.3 Å². The third kappa shape index (κ3) is 4.26. The molecule has 0 radical (unpaired) electrons. The van der Waals surface area contributed by atoms with E-state index in [1.807, 2.05) is 24.3 Å². The fourth-order valence-electron chi connectivity index (χ4n) is 1.56. The Kier molecular flexibility index (Phi) is 4.82. The summed E-state index contributed by atoms with van der Waals surface area (Å²) in [7, 11) is 1.50. The van der Waals surface area contributed by atoms with E-state index in [9.17, 15) is 0 Å². The van der Waals surface area contributed by atoms with Gasteiger partial charge in [0, 0.05) is 17.6 Å². The standard InChI is InChI=1S/C13H13Cl2N3O/c1-19-13-17-11(15)8-12(18-13)16-7-6-9-2-4-10(14)5-3-9/h2-5,8H,6-7H2,1H3,(H,16,17,18). The van der Waals surface area contributed by atoms with Gasteiger partial charge in [0.05, 0.1) is 7.11 Å². The number of aromatic nitrogens is 2. The first-order valence-corrected chi connectivity index (χ1v) is 6.50. The lowest BCUT2D eigenvalue weighted by Gasteiger charge is -2.07. The van der Waals surface area contributed by atoms with E-state index in [0.717, 1.165) is 18.0 Å². The number of hydrogen-bond donors (Lipinski definition) is 1. The fraction of sp³-hybridized carbons (Fsp3) is 0.231. The molecule has 100 valence electrons. The van der Waals surface area contributed by atoms with Crippen LogP contribution in [-0.2, 0) is 6.42 Å². The number of ether oxygens (including phenoxy) is 1. The molecule has 0 saturated heterocycles. The Bertz CT molecular complexity index is 546. The molecule has 6 heteroatoms. The summed E-state index contributed by atoms with van der Waals surface area (Å²) in [5.41, 5.74) is 1.20. The molecule has 2 aromatic rings. The van der Waals surface area contributed by atoms with Crippen molar-refractivity contribution < 1.29 is 4.74 Å². The topological polar surface area (TPSA) is 47.0 Å². The van der Waals surface area contributed by atoms with E-state index in [-0.39, 0.29) is 6.01 Å². The van der Waals surface area contributed by atoms with Crippen LogP contribution in [0.3, 0.4) is 0 Å². The summed E-state index contributed by atoms with van der Waals surface area (Å²) in [6.07, 6.45) is 0.862. The Balaban J connectivity index is 1.92. The predicted octanol–water partition coefficient (Wildman–Crippen LogP) is 3.45. The van der Waals surface area contributed by atoms with Gasteiger partial charge in [-0.25, -0.2) is 0 Å². The average Bonchev–Trinajstić information content (AvgIpc) is 2.40. The van der Waals surface area contributed by atoms with Gasteiger partial charge in [-0.3, -0.25) is 0 Å². The molecular weight excluding hydrogens is 285 g/mol. The normalized spacial score (nSPS) is 10.3. The SMILES string of the molecule is COc1nc(Cl)cc(NCCc2ccc(Cl)cc2)n1. The van der Waals surface area contributed by atoms with Gasteiger partial charge in [-0.05, 0) is 24.1 Å². The fourth-order valence-corrected chi connectivity index (χ4v) is 1.87. The van der Waals surface area contributed by atoms with Crippen LogP contribution in [0.25, 0.3) is 0 Å². The Hall–Kier alpha value is -1.52. The number of halogens is 2. The summed E-state index contributed by atoms with van der Waals surface area (Å²) < 4.78 is 4.95. The van der Waals surface area contributed by atoms with Crippen molar-refractivity contribution in [1.29, 1.82) is 0 Å². The number of hydrogen-bond acceptors (Lipinski definition) is 4. The van der Waals surface area contributed by atoms with Crippen molar-refractivity contribution in [3.63, 3.8) is 0 Å². The van der Waals surface area contributed by atoms with Crippen LogP contribution in [0.5, 0.6) is 6.01 Å².